The van der Waals surface area contributed by atoms with Gasteiger partial charge in [-0.3, -0.25) is 9.20 Å². The zero-order valence-corrected chi connectivity index (χ0v) is 13.5. The van der Waals surface area contributed by atoms with Gasteiger partial charge in [-0.1, -0.05) is 17.7 Å². The molecule has 0 fully saturated rings. The number of hydrogen-bond acceptors (Lipinski definition) is 3. The number of pyridine rings is 1. The topological polar surface area (TPSA) is 55.6 Å². The van der Waals surface area contributed by atoms with Crippen LogP contribution in [-0.2, 0) is 0 Å². The average Bonchev–Trinajstić information content (AvgIpc) is 2.81. The number of carbonyl (C=O) groups is 1. The highest BCUT2D eigenvalue weighted by Gasteiger charge is 2.31. The zero-order valence-electron chi connectivity index (χ0n) is 12.8. The molecule has 0 aliphatic carbocycles. The second kappa shape index (κ2) is 6.29. The summed E-state index contributed by atoms with van der Waals surface area (Å²) in [5.41, 5.74) is 1.38. The molecule has 25 heavy (non-hydrogen) atoms. The number of hydrogen-bond donors (Lipinski definition) is 1. The number of aromatic nitrogens is 2. The van der Waals surface area contributed by atoms with Gasteiger partial charge >= 0.3 is 6.36 Å². The Kier molecular flexibility index (Phi) is 4.30. The molecular formula is C16H11ClF3N3O2. The Morgan fingerprint density at radius 3 is 2.76 bits per heavy atom. The molecule has 1 amide bonds. The normalized spacial score (nSPS) is 11.6. The van der Waals surface area contributed by atoms with Gasteiger partial charge in [0.2, 0.25) is 0 Å². The van der Waals surface area contributed by atoms with Gasteiger partial charge < -0.3 is 10.1 Å². The summed E-state index contributed by atoms with van der Waals surface area (Å²) in [5, 5.41) is 2.95. The molecule has 0 saturated carbocycles. The Hall–Kier alpha value is -2.74. The number of ether oxygens (including phenoxy) is 1. The lowest BCUT2D eigenvalue weighted by Gasteiger charge is -2.11. The van der Waals surface area contributed by atoms with Gasteiger partial charge in [0.25, 0.3) is 5.91 Å². The lowest BCUT2D eigenvalue weighted by atomic mass is 10.2. The number of alkyl halides is 3. The minimum Gasteiger partial charge on any atom is -0.406 e. The monoisotopic (exact) mass is 369 g/mol. The fraction of sp³-hybridized carbons (Fsp3) is 0.125. The first-order chi connectivity index (χ1) is 11.7. The van der Waals surface area contributed by atoms with Crippen LogP contribution in [0.5, 0.6) is 5.75 Å². The molecule has 0 aliphatic heterocycles. The summed E-state index contributed by atoms with van der Waals surface area (Å²) >= 11 is 5.94. The number of nitrogens with zero attached hydrogens (tertiary/aromatic N) is 2. The molecule has 0 aliphatic rings. The molecule has 0 saturated heterocycles. The van der Waals surface area contributed by atoms with E-state index in [-0.39, 0.29) is 11.4 Å². The maximum absolute atomic E-state index is 12.5. The summed E-state index contributed by atoms with van der Waals surface area (Å²) in [5.74, 6) is -0.959. The van der Waals surface area contributed by atoms with Gasteiger partial charge in [-0.05, 0) is 31.2 Å². The van der Waals surface area contributed by atoms with E-state index in [1.165, 1.54) is 22.7 Å². The molecule has 1 N–H and O–H groups in total. The van der Waals surface area contributed by atoms with E-state index in [1.54, 1.807) is 19.1 Å². The SMILES string of the molecule is Cc1nc2ccc(Cl)cn2c1C(=O)Nc1cccc(OC(F)(F)F)c1. The summed E-state index contributed by atoms with van der Waals surface area (Å²) in [6, 6.07) is 8.31. The number of rotatable bonds is 3. The largest absolute Gasteiger partial charge is 0.573 e. The van der Waals surface area contributed by atoms with E-state index in [0.717, 1.165) is 12.1 Å². The third kappa shape index (κ3) is 3.85. The molecule has 0 radical (unpaired) electrons. The molecule has 1 aromatic carbocycles. The molecule has 0 atom stereocenters. The van der Waals surface area contributed by atoms with Crippen molar-refractivity contribution in [1.29, 1.82) is 0 Å². The van der Waals surface area contributed by atoms with Gasteiger partial charge in [0, 0.05) is 18.0 Å². The maximum Gasteiger partial charge on any atom is 0.573 e. The maximum atomic E-state index is 12.5. The van der Waals surface area contributed by atoms with E-state index in [2.05, 4.69) is 15.0 Å². The number of fused-ring (bicyclic) bond motifs is 1. The fourth-order valence-corrected chi connectivity index (χ4v) is 2.53. The number of anilines is 1. The standard InChI is InChI=1S/C16H11ClF3N3O2/c1-9-14(23-8-10(17)5-6-13(23)21-9)15(24)22-11-3-2-4-12(7-11)25-16(18,19)20/h2-8H,1H3,(H,22,24). The molecule has 2 heterocycles. The number of halogens is 4. The molecule has 0 bridgehead atoms. The number of imidazole rings is 1. The highest BCUT2D eigenvalue weighted by atomic mass is 35.5. The highest BCUT2D eigenvalue weighted by molar-refractivity contribution is 6.30. The number of benzene rings is 1. The van der Waals surface area contributed by atoms with Crippen molar-refractivity contribution in [3.8, 4) is 5.75 Å². The van der Waals surface area contributed by atoms with Crippen molar-refractivity contribution >= 4 is 28.8 Å². The smallest absolute Gasteiger partial charge is 0.406 e. The first kappa shape index (κ1) is 17.1. The molecule has 2 aromatic heterocycles. The van der Waals surface area contributed by atoms with Crippen LogP contribution in [-0.4, -0.2) is 21.7 Å². The van der Waals surface area contributed by atoms with Crippen LogP contribution in [0.25, 0.3) is 5.65 Å². The molecule has 9 heteroatoms. The van der Waals surface area contributed by atoms with E-state index in [9.17, 15) is 18.0 Å². The lowest BCUT2D eigenvalue weighted by Crippen LogP contribution is -2.18. The van der Waals surface area contributed by atoms with Crippen LogP contribution in [0.15, 0.2) is 42.6 Å². The first-order valence-corrected chi connectivity index (χ1v) is 7.42. The second-order valence-electron chi connectivity index (χ2n) is 5.15. The van der Waals surface area contributed by atoms with Gasteiger partial charge in [0.1, 0.15) is 17.1 Å². The Bertz CT molecular complexity index is 953. The van der Waals surface area contributed by atoms with Crippen LogP contribution in [0.1, 0.15) is 16.2 Å². The first-order valence-electron chi connectivity index (χ1n) is 7.04. The number of carbonyl (C=O) groups excluding carboxylic acids is 1. The van der Waals surface area contributed by atoms with E-state index >= 15 is 0 Å². The summed E-state index contributed by atoms with van der Waals surface area (Å²) in [6.07, 6.45) is -3.27. The van der Waals surface area contributed by atoms with E-state index in [4.69, 9.17) is 11.6 Å². The van der Waals surface area contributed by atoms with Gasteiger partial charge in [0.05, 0.1) is 10.7 Å². The molecule has 3 rings (SSSR count). The zero-order chi connectivity index (χ0) is 18.2. The Morgan fingerprint density at radius 1 is 1.28 bits per heavy atom. The quantitative estimate of drug-likeness (QED) is 0.742. The predicted octanol–water partition coefficient (Wildman–Crippen LogP) is 4.45. The van der Waals surface area contributed by atoms with Crippen molar-refractivity contribution in [2.45, 2.75) is 13.3 Å². The minimum absolute atomic E-state index is 0.156. The minimum atomic E-state index is -4.81. The van der Waals surface area contributed by atoms with Crippen molar-refractivity contribution < 1.29 is 22.7 Å². The molecule has 130 valence electrons. The van der Waals surface area contributed by atoms with Crippen LogP contribution < -0.4 is 10.1 Å². The molecule has 0 unspecified atom stereocenters. The van der Waals surface area contributed by atoms with Gasteiger partial charge in [0.15, 0.2) is 0 Å². The number of aryl methyl sites for hydroxylation is 1. The average molecular weight is 370 g/mol. The molecule has 0 spiro atoms. The number of amides is 1. The Morgan fingerprint density at radius 2 is 2.04 bits per heavy atom. The van der Waals surface area contributed by atoms with Gasteiger partial charge in [-0.2, -0.15) is 0 Å². The van der Waals surface area contributed by atoms with E-state index < -0.39 is 18.0 Å². The van der Waals surface area contributed by atoms with Crippen molar-refractivity contribution in [3.05, 3.63) is 59.0 Å². The Balaban J connectivity index is 1.89. The summed E-state index contributed by atoms with van der Waals surface area (Å²) < 4.78 is 42.2. The summed E-state index contributed by atoms with van der Waals surface area (Å²) in [7, 11) is 0. The van der Waals surface area contributed by atoms with Crippen LogP contribution >= 0.6 is 11.6 Å². The third-order valence-corrected chi connectivity index (χ3v) is 3.52. The third-order valence-electron chi connectivity index (χ3n) is 3.30. The highest BCUT2D eigenvalue weighted by Crippen LogP contribution is 2.25. The van der Waals surface area contributed by atoms with Crippen molar-refractivity contribution in [2.24, 2.45) is 0 Å². The predicted molar refractivity (Wildman–Crippen MR) is 86.0 cm³/mol. The van der Waals surface area contributed by atoms with Crippen molar-refractivity contribution in [3.63, 3.8) is 0 Å². The molecular weight excluding hydrogens is 359 g/mol. The molecule has 3 aromatic rings. The van der Waals surface area contributed by atoms with E-state index in [1.807, 2.05) is 0 Å². The Labute approximate surface area is 145 Å². The fourth-order valence-electron chi connectivity index (χ4n) is 2.37. The van der Waals surface area contributed by atoms with Crippen LogP contribution in [0.3, 0.4) is 0 Å². The number of nitrogens with one attached hydrogen (secondary N) is 1. The van der Waals surface area contributed by atoms with Crippen LogP contribution in [0, 0.1) is 6.92 Å². The van der Waals surface area contributed by atoms with Crippen molar-refractivity contribution in [1.82, 2.24) is 9.38 Å². The van der Waals surface area contributed by atoms with E-state index in [0.29, 0.717) is 16.4 Å². The van der Waals surface area contributed by atoms with Gasteiger partial charge in [-0.15, -0.1) is 13.2 Å². The van der Waals surface area contributed by atoms with Crippen LogP contribution in [0.2, 0.25) is 5.02 Å². The van der Waals surface area contributed by atoms with Gasteiger partial charge in [-0.25, -0.2) is 4.98 Å². The lowest BCUT2D eigenvalue weighted by molar-refractivity contribution is -0.274. The summed E-state index contributed by atoms with van der Waals surface area (Å²) in [6.45, 7) is 1.65. The van der Waals surface area contributed by atoms with Crippen molar-refractivity contribution in [2.75, 3.05) is 5.32 Å². The second-order valence-corrected chi connectivity index (χ2v) is 5.59. The van der Waals surface area contributed by atoms with Crippen LogP contribution in [0.4, 0.5) is 18.9 Å². The summed E-state index contributed by atoms with van der Waals surface area (Å²) in [4.78, 5) is 16.8. The molecule has 5 nitrogen and oxygen atoms in total.